The lowest BCUT2D eigenvalue weighted by atomic mass is 9.97. The average Bonchev–Trinajstić information content (AvgIpc) is 3.74. The van der Waals surface area contributed by atoms with Gasteiger partial charge >= 0.3 is 0 Å². The number of imidazole rings is 1. The van der Waals surface area contributed by atoms with Gasteiger partial charge in [-0.2, -0.15) is 0 Å². The highest BCUT2D eigenvalue weighted by Crippen LogP contribution is 2.44. The van der Waals surface area contributed by atoms with E-state index in [4.69, 9.17) is 4.98 Å². The molecule has 0 bridgehead atoms. The van der Waals surface area contributed by atoms with E-state index in [1.165, 1.54) is 58.6 Å². The van der Waals surface area contributed by atoms with Crippen molar-refractivity contribution < 1.29 is 0 Å². The van der Waals surface area contributed by atoms with Crippen LogP contribution in [0.4, 0.5) is 0 Å². The molecule has 2 heterocycles. The summed E-state index contributed by atoms with van der Waals surface area (Å²) >= 11 is 1.88. The van der Waals surface area contributed by atoms with Gasteiger partial charge < -0.3 is 0 Å². The van der Waals surface area contributed by atoms with Gasteiger partial charge in [0, 0.05) is 42.1 Å². The lowest BCUT2D eigenvalue weighted by molar-refractivity contribution is 1.12. The van der Waals surface area contributed by atoms with E-state index < -0.39 is 0 Å². The first-order valence-corrected chi connectivity index (χ1v) is 17.6. The maximum Gasteiger partial charge on any atom is 0.147 e. The van der Waals surface area contributed by atoms with Crippen molar-refractivity contribution >= 4 is 64.1 Å². The van der Waals surface area contributed by atoms with Gasteiger partial charge in [0.2, 0.25) is 0 Å². The van der Waals surface area contributed by atoms with Gasteiger partial charge in [0.25, 0.3) is 0 Å². The van der Waals surface area contributed by atoms with E-state index in [9.17, 15) is 0 Å². The zero-order valence-electron chi connectivity index (χ0n) is 26.7. The standard InChI is InChI=1S/C46H30N2S/c1-3-12-30(13-4-1)28-31-22-25-38-39-20-11-21-40(45(39)49-42(38)29-31)46-47-43-35-18-9-7-16-33(35)24-27-41(43)48(46)44-36-19-10-8-17-34(36)23-26-37(44)32-14-5-2-6-15-32/h1-27,29H,28H2. The molecule has 0 N–H and O–H groups in total. The van der Waals surface area contributed by atoms with Gasteiger partial charge in [-0.15, -0.1) is 11.3 Å². The number of aromatic nitrogens is 2. The van der Waals surface area contributed by atoms with Gasteiger partial charge in [-0.05, 0) is 52.1 Å². The number of benzene rings is 8. The van der Waals surface area contributed by atoms with Crippen LogP contribution in [-0.2, 0) is 6.42 Å². The number of rotatable bonds is 5. The second kappa shape index (κ2) is 11.3. The predicted octanol–water partition coefficient (Wildman–Crippen LogP) is 12.6. The van der Waals surface area contributed by atoms with Crippen molar-refractivity contribution in [3.05, 3.63) is 181 Å². The smallest absolute Gasteiger partial charge is 0.147 e. The molecule has 10 aromatic rings. The first-order valence-electron chi connectivity index (χ1n) is 16.8. The van der Waals surface area contributed by atoms with Gasteiger partial charge in [0.15, 0.2) is 0 Å². The van der Waals surface area contributed by atoms with Gasteiger partial charge in [0.05, 0.1) is 16.7 Å². The van der Waals surface area contributed by atoms with Crippen LogP contribution in [0.2, 0.25) is 0 Å². The first-order chi connectivity index (χ1) is 24.3. The van der Waals surface area contributed by atoms with Gasteiger partial charge in [-0.1, -0.05) is 152 Å². The van der Waals surface area contributed by atoms with Crippen LogP contribution in [-0.4, -0.2) is 9.55 Å². The zero-order chi connectivity index (χ0) is 32.3. The Kier molecular flexibility index (Phi) is 6.46. The van der Waals surface area contributed by atoms with E-state index in [1.807, 2.05) is 11.3 Å². The number of hydrogen-bond acceptors (Lipinski definition) is 2. The molecule has 0 aliphatic rings. The molecule has 10 rings (SSSR count). The molecule has 0 saturated heterocycles. The number of thiophene rings is 1. The first kappa shape index (κ1) is 28.0. The van der Waals surface area contributed by atoms with E-state index in [1.54, 1.807) is 0 Å². The van der Waals surface area contributed by atoms with E-state index >= 15 is 0 Å². The summed E-state index contributed by atoms with van der Waals surface area (Å²) in [5, 5.41) is 7.33. The molecule has 0 saturated carbocycles. The second-order valence-corrected chi connectivity index (χ2v) is 13.8. The van der Waals surface area contributed by atoms with Crippen molar-refractivity contribution in [2.75, 3.05) is 0 Å². The Hall–Kier alpha value is -6.03. The van der Waals surface area contributed by atoms with Crippen LogP contribution in [0, 0.1) is 0 Å². The summed E-state index contributed by atoms with van der Waals surface area (Å²) in [6.07, 6.45) is 0.921. The summed E-state index contributed by atoms with van der Waals surface area (Å²) in [6.45, 7) is 0. The van der Waals surface area contributed by atoms with E-state index in [-0.39, 0.29) is 0 Å². The Balaban J connectivity index is 1.29. The summed E-state index contributed by atoms with van der Waals surface area (Å²) in [4.78, 5) is 5.59. The third-order valence-electron chi connectivity index (χ3n) is 9.81. The zero-order valence-corrected chi connectivity index (χ0v) is 27.5. The molecule has 0 spiro atoms. The van der Waals surface area contributed by atoms with Crippen molar-refractivity contribution in [1.82, 2.24) is 9.55 Å². The highest BCUT2D eigenvalue weighted by molar-refractivity contribution is 7.26. The molecule has 0 aliphatic carbocycles. The van der Waals surface area contributed by atoms with E-state index in [0.29, 0.717) is 0 Å². The highest BCUT2D eigenvalue weighted by atomic mass is 32.1. The number of nitrogens with zero attached hydrogens (tertiary/aromatic N) is 2. The molecule has 2 nitrogen and oxygen atoms in total. The minimum atomic E-state index is 0.921. The molecule has 2 aromatic heterocycles. The van der Waals surface area contributed by atoms with Crippen LogP contribution in [0.3, 0.4) is 0 Å². The molecule has 0 amide bonds. The van der Waals surface area contributed by atoms with Crippen molar-refractivity contribution in [2.24, 2.45) is 0 Å². The van der Waals surface area contributed by atoms with Crippen LogP contribution in [0.5, 0.6) is 0 Å². The maximum atomic E-state index is 5.59. The largest absolute Gasteiger partial charge is 0.291 e. The SMILES string of the molecule is c1ccc(Cc2ccc3c(c2)sc2c(-c4nc5c6ccccc6ccc5n4-c4c(-c5ccccc5)ccc5ccccc45)cccc23)cc1. The lowest BCUT2D eigenvalue weighted by Gasteiger charge is -2.18. The Bertz CT molecular complexity index is 2840. The highest BCUT2D eigenvalue weighted by Gasteiger charge is 2.23. The Morgan fingerprint density at radius 2 is 1.18 bits per heavy atom. The molecular formula is C46H30N2S. The lowest BCUT2D eigenvalue weighted by Crippen LogP contribution is -2.02. The van der Waals surface area contributed by atoms with E-state index in [2.05, 4.69) is 174 Å². The minimum absolute atomic E-state index is 0.921. The molecule has 49 heavy (non-hydrogen) atoms. The average molecular weight is 643 g/mol. The van der Waals surface area contributed by atoms with Crippen LogP contribution in [0.1, 0.15) is 11.1 Å². The van der Waals surface area contributed by atoms with Gasteiger partial charge in [0.1, 0.15) is 5.82 Å². The molecule has 8 aromatic carbocycles. The molecule has 0 aliphatic heterocycles. The summed E-state index contributed by atoms with van der Waals surface area (Å²) in [7, 11) is 0. The van der Waals surface area contributed by atoms with Crippen molar-refractivity contribution in [2.45, 2.75) is 6.42 Å². The molecule has 0 fully saturated rings. The predicted molar refractivity (Wildman–Crippen MR) is 209 cm³/mol. The molecule has 3 heteroatoms. The van der Waals surface area contributed by atoms with Gasteiger partial charge in [-0.25, -0.2) is 4.98 Å². The molecule has 0 radical (unpaired) electrons. The Morgan fingerprint density at radius 3 is 2.02 bits per heavy atom. The minimum Gasteiger partial charge on any atom is -0.291 e. The van der Waals surface area contributed by atoms with Gasteiger partial charge in [-0.3, -0.25) is 4.57 Å². The Morgan fingerprint density at radius 1 is 0.490 bits per heavy atom. The summed E-state index contributed by atoms with van der Waals surface area (Å²) in [6, 6.07) is 61.5. The fraction of sp³-hybridized carbons (Fsp3) is 0.0217. The molecule has 0 atom stereocenters. The fourth-order valence-corrected chi connectivity index (χ4v) is 8.80. The molecule has 230 valence electrons. The van der Waals surface area contributed by atoms with Crippen LogP contribution in [0.15, 0.2) is 170 Å². The Labute approximate surface area is 288 Å². The van der Waals surface area contributed by atoms with Crippen LogP contribution < -0.4 is 0 Å². The van der Waals surface area contributed by atoms with Crippen molar-refractivity contribution in [3.8, 4) is 28.2 Å². The monoisotopic (exact) mass is 642 g/mol. The van der Waals surface area contributed by atoms with Crippen LogP contribution in [0.25, 0.3) is 81.0 Å². The summed E-state index contributed by atoms with van der Waals surface area (Å²) < 4.78 is 5.00. The summed E-state index contributed by atoms with van der Waals surface area (Å²) in [5.74, 6) is 0.960. The molecule has 0 unspecified atom stereocenters. The summed E-state index contributed by atoms with van der Waals surface area (Å²) in [5.41, 5.74) is 9.44. The topological polar surface area (TPSA) is 17.8 Å². The van der Waals surface area contributed by atoms with Crippen molar-refractivity contribution in [3.63, 3.8) is 0 Å². The molecular weight excluding hydrogens is 613 g/mol. The number of hydrogen-bond donors (Lipinski definition) is 0. The maximum absolute atomic E-state index is 5.59. The fourth-order valence-electron chi connectivity index (χ4n) is 7.53. The van der Waals surface area contributed by atoms with E-state index in [0.717, 1.165) is 39.9 Å². The number of fused-ring (bicyclic) bond motifs is 7. The third-order valence-corrected chi connectivity index (χ3v) is 11.0. The van der Waals surface area contributed by atoms with Crippen LogP contribution >= 0.6 is 11.3 Å². The van der Waals surface area contributed by atoms with Crippen molar-refractivity contribution in [1.29, 1.82) is 0 Å². The third kappa shape index (κ3) is 4.58. The quantitative estimate of drug-likeness (QED) is 0.183. The normalized spacial score (nSPS) is 11.8. The second-order valence-electron chi connectivity index (χ2n) is 12.8.